The molecule has 28 heavy (non-hydrogen) atoms. The molecule has 1 N–H and O–H groups in total. The number of aromatic nitrogens is 3. The lowest BCUT2D eigenvalue weighted by atomic mass is 10.1. The highest BCUT2D eigenvalue weighted by Crippen LogP contribution is 2.17. The minimum absolute atomic E-state index is 0.0250. The number of amides is 1. The SMILES string of the molecule is O=C(Nc1ccc([N+](=O)[O-])cc1)c1ccc(Cn2nnc3ccccc32)cc1. The first-order chi connectivity index (χ1) is 13.6. The topological polar surface area (TPSA) is 103 Å². The third kappa shape index (κ3) is 3.56. The second-order valence-corrected chi connectivity index (χ2v) is 6.19. The lowest BCUT2D eigenvalue weighted by Gasteiger charge is -2.07. The highest BCUT2D eigenvalue weighted by Gasteiger charge is 2.09. The Morgan fingerprint density at radius 3 is 2.43 bits per heavy atom. The number of benzene rings is 3. The summed E-state index contributed by atoms with van der Waals surface area (Å²) in [5.74, 6) is -0.286. The van der Waals surface area contributed by atoms with Crippen molar-refractivity contribution in [2.75, 3.05) is 5.32 Å². The zero-order valence-electron chi connectivity index (χ0n) is 14.6. The smallest absolute Gasteiger partial charge is 0.269 e. The van der Waals surface area contributed by atoms with Crippen LogP contribution in [0.2, 0.25) is 0 Å². The van der Waals surface area contributed by atoms with E-state index in [1.807, 2.05) is 36.4 Å². The number of hydrogen-bond acceptors (Lipinski definition) is 5. The Kier molecular flexibility index (Phi) is 4.51. The second kappa shape index (κ2) is 7.28. The maximum atomic E-state index is 12.4. The fourth-order valence-corrected chi connectivity index (χ4v) is 2.84. The van der Waals surface area contributed by atoms with Gasteiger partial charge in [-0.25, -0.2) is 4.68 Å². The van der Waals surface area contributed by atoms with Gasteiger partial charge in [0.1, 0.15) is 5.52 Å². The summed E-state index contributed by atoms with van der Waals surface area (Å²) >= 11 is 0. The molecule has 1 aromatic heterocycles. The van der Waals surface area contributed by atoms with Crippen molar-refractivity contribution in [3.8, 4) is 0 Å². The van der Waals surface area contributed by atoms with E-state index < -0.39 is 4.92 Å². The molecule has 4 aromatic rings. The summed E-state index contributed by atoms with van der Waals surface area (Å²) in [6.45, 7) is 0.546. The van der Waals surface area contributed by atoms with Crippen molar-refractivity contribution in [1.82, 2.24) is 15.0 Å². The van der Waals surface area contributed by atoms with Crippen LogP contribution >= 0.6 is 0 Å². The molecule has 0 radical (unpaired) electrons. The third-order valence-electron chi connectivity index (χ3n) is 4.30. The number of fused-ring (bicyclic) bond motifs is 1. The van der Waals surface area contributed by atoms with E-state index in [0.717, 1.165) is 16.6 Å². The number of carbonyl (C=O) groups excluding carboxylic acids is 1. The molecule has 1 amide bonds. The fourth-order valence-electron chi connectivity index (χ4n) is 2.84. The molecule has 0 unspecified atom stereocenters. The minimum atomic E-state index is -0.483. The molecule has 0 atom stereocenters. The first kappa shape index (κ1) is 17.3. The zero-order chi connectivity index (χ0) is 19.5. The van der Waals surface area contributed by atoms with Gasteiger partial charge in [0.25, 0.3) is 11.6 Å². The van der Waals surface area contributed by atoms with E-state index in [0.29, 0.717) is 17.8 Å². The number of rotatable bonds is 5. The molecule has 0 saturated heterocycles. The van der Waals surface area contributed by atoms with Gasteiger partial charge in [0.05, 0.1) is 17.0 Å². The van der Waals surface area contributed by atoms with Crippen molar-refractivity contribution < 1.29 is 9.72 Å². The van der Waals surface area contributed by atoms with E-state index in [9.17, 15) is 14.9 Å². The number of non-ortho nitro benzene ring substituents is 1. The van der Waals surface area contributed by atoms with Gasteiger partial charge in [0.2, 0.25) is 0 Å². The number of nitro groups is 1. The number of anilines is 1. The van der Waals surface area contributed by atoms with Gasteiger partial charge in [0.15, 0.2) is 0 Å². The molecule has 138 valence electrons. The molecule has 0 saturated carbocycles. The molecule has 8 nitrogen and oxygen atoms in total. The molecule has 8 heteroatoms. The first-order valence-corrected chi connectivity index (χ1v) is 8.53. The van der Waals surface area contributed by atoms with Crippen molar-refractivity contribution in [3.63, 3.8) is 0 Å². The highest BCUT2D eigenvalue weighted by atomic mass is 16.6. The van der Waals surface area contributed by atoms with E-state index in [1.54, 1.807) is 16.8 Å². The molecule has 0 bridgehead atoms. The van der Waals surface area contributed by atoms with Crippen molar-refractivity contribution in [2.24, 2.45) is 0 Å². The van der Waals surface area contributed by atoms with Crippen molar-refractivity contribution in [1.29, 1.82) is 0 Å². The summed E-state index contributed by atoms with van der Waals surface area (Å²) in [6.07, 6.45) is 0. The van der Waals surface area contributed by atoms with Crippen LogP contribution in [0.3, 0.4) is 0 Å². The summed E-state index contributed by atoms with van der Waals surface area (Å²) in [4.78, 5) is 22.6. The van der Waals surface area contributed by atoms with E-state index in [1.165, 1.54) is 24.3 Å². The molecule has 0 spiro atoms. The predicted molar refractivity (Wildman–Crippen MR) is 104 cm³/mol. The van der Waals surface area contributed by atoms with E-state index in [2.05, 4.69) is 15.6 Å². The molecule has 4 rings (SSSR count). The Balaban J connectivity index is 1.45. The van der Waals surface area contributed by atoms with Crippen LogP contribution in [0.15, 0.2) is 72.8 Å². The van der Waals surface area contributed by atoms with Gasteiger partial charge in [-0.15, -0.1) is 5.10 Å². The average molecular weight is 373 g/mol. The monoisotopic (exact) mass is 373 g/mol. The van der Waals surface area contributed by atoms with Gasteiger partial charge in [-0.2, -0.15) is 0 Å². The van der Waals surface area contributed by atoms with Crippen LogP contribution in [0.25, 0.3) is 11.0 Å². The van der Waals surface area contributed by atoms with Gasteiger partial charge < -0.3 is 5.32 Å². The Hall–Kier alpha value is -4.07. The molecule has 3 aromatic carbocycles. The number of carbonyl (C=O) groups is 1. The third-order valence-corrected chi connectivity index (χ3v) is 4.30. The Labute approximate surface area is 159 Å². The summed E-state index contributed by atoms with van der Waals surface area (Å²) < 4.78 is 1.81. The number of para-hydroxylation sites is 1. The largest absolute Gasteiger partial charge is 0.322 e. The Bertz CT molecular complexity index is 1150. The summed E-state index contributed by atoms with van der Waals surface area (Å²) in [5.41, 5.74) is 3.73. The molecule has 0 aliphatic carbocycles. The van der Waals surface area contributed by atoms with Crippen LogP contribution in [0.1, 0.15) is 15.9 Å². The molecule has 1 heterocycles. The van der Waals surface area contributed by atoms with Crippen LogP contribution < -0.4 is 5.32 Å². The zero-order valence-corrected chi connectivity index (χ0v) is 14.6. The fraction of sp³-hybridized carbons (Fsp3) is 0.0500. The number of nitrogens with zero attached hydrogens (tertiary/aromatic N) is 4. The van der Waals surface area contributed by atoms with Crippen molar-refractivity contribution in [3.05, 3.63) is 94.0 Å². The summed E-state index contributed by atoms with van der Waals surface area (Å²) in [6, 6.07) is 20.6. The number of hydrogen-bond donors (Lipinski definition) is 1. The molecule has 0 fully saturated rings. The Morgan fingerprint density at radius 2 is 1.71 bits per heavy atom. The summed E-state index contributed by atoms with van der Waals surface area (Å²) in [5, 5.41) is 21.7. The molecular weight excluding hydrogens is 358 g/mol. The lowest BCUT2D eigenvalue weighted by molar-refractivity contribution is -0.384. The second-order valence-electron chi connectivity index (χ2n) is 6.19. The molecule has 0 aliphatic rings. The van der Waals surface area contributed by atoms with Gasteiger partial charge in [0, 0.05) is 23.4 Å². The maximum Gasteiger partial charge on any atom is 0.269 e. The molecule has 0 aliphatic heterocycles. The van der Waals surface area contributed by atoms with Crippen LogP contribution in [0, 0.1) is 10.1 Å². The van der Waals surface area contributed by atoms with Crippen molar-refractivity contribution in [2.45, 2.75) is 6.54 Å². The Morgan fingerprint density at radius 1 is 1.00 bits per heavy atom. The standard InChI is InChI=1S/C20H15N5O3/c26-20(21-16-9-11-17(12-10-16)25(27)28)15-7-5-14(6-8-15)13-24-19-4-2-1-3-18(19)22-23-24/h1-12H,13H2,(H,21,26). The highest BCUT2D eigenvalue weighted by molar-refractivity contribution is 6.04. The molecular formula is C20H15N5O3. The maximum absolute atomic E-state index is 12.4. The minimum Gasteiger partial charge on any atom is -0.322 e. The van der Waals surface area contributed by atoms with E-state index in [-0.39, 0.29) is 11.6 Å². The first-order valence-electron chi connectivity index (χ1n) is 8.53. The quantitative estimate of drug-likeness (QED) is 0.425. The van der Waals surface area contributed by atoms with Crippen LogP contribution in [0.5, 0.6) is 0 Å². The van der Waals surface area contributed by atoms with Crippen LogP contribution in [-0.2, 0) is 6.54 Å². The van der Waals surface area contributed by atoms with Gasteiger partial charge in [-0.05, 0) is 42.0 Å². The summed E-state index contributed by atoms with van der Waals surface area (Å²) in [7, 11) is 0. The van der Waals surface area contributed by atoms with Gasteiger partial charge in [-0.3, -0.25) is 14.9 Å². The normalized spacial score (nSPS) is 10.7. The number of nitrogens with one attached hydrogen (secondary N) is 1. The lowest BCUT2D eigenvalue weighted by Crippen LogP contribution is -2.12. The van der Waals surface area contributed by atoms with Crippen LogP contribution in [-0.4, -0.2) is 25.8 Å². The van der Waals surface area contributed by atoms with Crippen LogP contribution in [0.4, 0.5) is 11.4 Å². The van der Waals surface area contributed by atoms with Gasteiger partial charge in [-0.1, -0.05) is 29.5 Å². The average Bonchev–Trinajstić information content (AvgIpc) is 3.12. The van der Waals surface area contributed by atoms with E-state index >= 15 is 0 Å². The van der Waals surface area contributed by atoms with Crippen molar-refractivity contribution >= 4 is 28.3 Å². The predicted octanol–water partition coefficient (Wildman–Crippen LogP) is 3.64. The van der Waals surface area contributed by atoms with E-state index in [4.69, 9.17) is 0 Å². The number of nitro benzene ring substituents is 1. The van der Waals surface area contributed by atoms with Gasteiger partial charge >= 0.3 is 0 Å².